The van der Waals surface area contributed by atoms with E-state index in [-0.39, 0.29) is 35.3 Å². The zero-order valence-corrected chi connectivity index (χ0v) is 17.4. The molecule has 0 radical (unpaired) electrons. The van der Waals surface area contributed by atoms with Gasteiger partial charge in [0.05, 0.1) is 29.5 Å². The van der Waals surface area contributed by atoms with Crippen LogP contribution in [-0.2, 0) is 14.3 Å². The van der Waals surface area contributed by atoms with Crippen molar-refractivity contribution in [3.05, 3.63) is 46.2 Å². The number of hydrogen-bond donors (Lipinski definition) is 3. The lowest BCUT2D eigenvalue weighted by Crippen LogP contribution is -2.59. The van der Waals surface area contributed by atoms with E-state index in [1.807, 2.05) is 13.8 Å². The standard InChI is InChI=1S/C22H26NO8/c1-21(11-31-19(26)12-4-6-13(7-5-12)23(28)29)8-3-9-22(2)14-10-30-20(27)15(14)16(24)17(25)18(21)22/h4-7,16-18,24-25,28H,3,8-11H2,1-2H3/q-1/t16-,17?,18?,21+,22+/m0/s1. The number of aliphatic hydroxyl groups is 2. The van der Waals surface area contributed by atoms with Gasteiger partial charge in [-0.2, -0.15) is 0 Å². The van der Waals surface area contributed by atoms with Gasteiger partial charge in [-0.15, -0.1) is 0 Å². The van der Waals surface area contributed by atoms with Crippen molar-refractivity contribution >= 4 is 17.6 Å². The lowest BCUT2D eigenvalue weighted by Gasteiger charge is -2.57. The second-order valence-corrected chi connectivity index (χ2v) is 9.20. The smallest absolute Gasteiger partial charge is 0.338 e. The summed E-state index contributed by atoms with van der Waals surface area (Å²) in [6.45, 7) is 4.02. The summed E-state index contributed by atoms with van der Waals surface area (Å²) in [7, 11) is 0. The van der Waals surface area contributed by atoms with Crippen molar-refractivity contribution in [2.45, 2.75) is 45.3 Å². The average Bonchev–Trinajstić information content (AvgIpc) is 3.13. The minimum absolute atomic E-state index is 0.0108. The lowest BCUT2D eigenvalue weighted by molar-refractivity contribution is -0.143. The van der Waals surface area contributed by atoms with E-state index in [4.69, 9.17) is 14.7 Å². The van der Waals surface area contributed by atoms with E-state index in [1.54, 1.807) is 0 Å². The Hall–Kier alpha value is -2.46. The van der Waals surface area contributed by atoms with E-state index in [1.165, 1.54) is 24.3 Å². The summed E-state index contributed by atoms with van der Waals surface area (Å²) >= 11 is 0. The molecule has 3 N–H and O–H groups in total. The Balaban J connectivity index is 1.57. The normalized spacial score (nSPS) is 34.6. The molecule has 1 aromatic rings. The molecule has 1 heterocycles. The summed E-state index contributed by atoms with van der Waals surface area (Å²) in [5, 5.41) is 41.2. The van der Waals surface area contributed by atoms with Crippen molar-refractivity contribution in [1.29, 1.82) is 0 Å². The molecule has 1 aromatic carbocycles. The van der Waals surface area contributed by atoms with Crippen molar-refractivity contribution in [2.75, 3.05) is 18.4 Å². The largest absolute Gasteiger partial charge is 0.733 e. The lowest BCUT2D eigenvalue weighted by atomic mass is 9.49. The molecule has 9 heteroatoms. The summed E-state index contributed by atoms with van der Waals surface area (Å²) in [6.07, 6.45) is -0.313. The van der Waals surface area contributed by atoms with Crippen LogP contribution in [0, 0.1) is 22.0 Å². The zero-order chi connectivity index (χ0) is 22.6. The van der Waals surface area contributed by atoms with Gasteiger partial charge in [-0.1, -0.05) is 20.3 Å². The first-order valence-electron chi connectivity index (χ1n) is 10.3. The highest BCUT2D eigenvalue weighted by Crippen LogP contribution is 2.60. The molecule has 2 aliphatic carbocycles. The number of rotatable bonds is 4. The third-order valence-corrected chi connectivity index (χ3v) is 7.28. The molecule has 31 heavy (non-hydrogen) atoms. The molecule has 9 nitrogen and oxygen atoms in total. The fraction of sp³-hybridized carbons (Fsp3) is 0.545. The highest BCUT2D eigenvalue weighted by Gasteiger charge is 2.61. The predicted octanol–water partition coefficient (Wildman–Crippen LogP) is 1.94. The number of ether oxygens (including phenoxy) is 2. The molecule has 1 saturated carbocycles. The number of cyclic esters (lactones) is 1. The van der Waals surface area contributed by atoms with Crippen LogP contribution in [0.2, 0.25) is 0 Å². The summed E-state index contributed by atoms with van der Waals surface area (Å²) < 4.78 is 10.8. The predicted molar refractivity (Wildman–Crippen MR) is 108 cm³/mol. The summed E-state index contributed by atoms with van der Waals surface area (Å²) in [5.74, 6) is -1.61. The average molecular weight is 432 g/mol. The maximum atomic E-state index is 12.6. The molecule has 1 fully saturated rings. The second-order valence-electron chi connectivity index (χ2n) is 9.20. The Bertz CT molecular complexity index is 926. The Morgan fingerprint density at radius 3 is 2.58 bits per heavy atom. The topological polar surface area (TPSA) is 140 Å². The maximum Gasteiger partial charge on any atom is 0.338 e. The molecule has 168 valence electrons. The fourth-order valence-corrected chi connectivity index (χ4v) is 5.81. The van der Waals surface area contributed by atoms with E-state index in [9.17, 15) is 25.0 Å². The van der Waals surface area contributed by atoms with Crippen molar-refractivity contribution in [1.82, 2.24) is 0 Å². The number of nitrogens with zero attached hydrogens (tertiary/aromatic N) is 1. The van der Waals surface area contributed by atoms with Crippen LogP contribution in [0.15, 0.2) is 35.4 Å². The Kier molecular flexibility index (Phi) is 5.33. The molecular weight excluding hydrogens is 406 g/mol. The number of hydrogen-bond acceptors (Lipinski definition) is 9. The molecule has 0 amide bonds. The monoisotopic (exact) mass is 432 g/mol. The third kappa shape index (κ3) is 3.41. The van der Waals surface area contributed by atoms with Crippen LogP contribution in [-0.4, -0.2) is 52.8 Å². The number of aliphatic hydroxyl groups excluding tert-OH is 2. The molecule has 0 bridgehead atoms. The van der Waals surface area contributed by atoms with Crippen molar-refractivity contribution in [2.24, 2.45) is 16.7 Å². The van der Waals surface area contributed by atoms with E-state index in [0.29, 0.717) is 6.42 Å². The fourth-order valence-electron chi connectivity index (χ4n) is 5.81. The first-order chi connectivity index (χ1) is 14.6. The molecule has 3 aliphatic rings. The molecule has 4 rings (SSSR count). The van der Waals surface area contributed by atoms with Gasteiger partial charge in [0.1, 0.15) is 12.7 Å². The van der Waals surface area contributed by atoms with Crippen molar-refractivity contribution in [3.8, 4) is 0 Å². The van der Waals surface area contributed by atoms with Gasteiger partial charge in [-0.3, -0.25) is 5.21 Å². The molecule has 2 unspecified atom stereocenters. The number of esters is 2. The number of fused-ring (bicyclic) bond motifs is 2. The summed E-state index contributed by atoms with van der Waals surface area (Å²) in [6, 6.07) is 5.36. The van der Waals surface area contributed by atoms with Crippen molar-refractivity contribution in [3.63, 3.8) is 0 Å². The van der Waals surface area contributed by atoms with Crippen LogP contribution in [0.1, 0.15) is 43.5 Å². The van der Waals surface area contributed by atoms with Gasteiger partial charge in [-0.25, -0.2) is 9.59 Å². The molecule has 0 spiro atoms. The molecule has 5 atom stereocenters. The van der Waals surface area contributed by atoms with Crippen LogP contribution >= 0.6 is 0 Å². The van der Waals surface area contributed by atoms with E-state index in [0.717, 1.165) is 18.4 Å². The molecule has 1 aliphatic heterocycles. The van der Waals surface area contributed by atoms with Crippen LogP contribution in [0.4, 0.5) is 5.69 Å². The van der Waals surface area contributed by atoms with Crippen molar-refractivity contribution < 1.29 is 34.5 Å². The minimum Gasteiger partial charge on any atom is -0.733 e. The van der Waals surface area contributed by atoms with Crippen LogP contribution in [0.3, 0.4) is 0 Å². The third-order valence-electron chi connectivity index (χ3n) is 7.28. The summed E-state index contributed by atoms with van der Waals surface area (Å²) in [4.78, 5) is 24.7. The van der Waals surface area contributed by atoms with Gasteiger partial charge in [0, 0.05) is 11.3 Å². The van der Waals surface area contributed by atoms with E-state index < -0.39 is 40.9 Å². The molecule has 0 saturated heterocycles. The second kappa shape index (κ2) is 7.59. The SMILES string of the molecule is C[C@]1(COC(=O)c2ccc(N([O-])O)cc2)CCC[C@]2(C)C3=C(C(=O)OC3)[C@H](O)C(O)C12. The molecular formula is C22H26NO8-. The number of benzene rings is 1. The van der Waals surface area contributed by atoms with Gasteiger partial charge in [0.25, 0.3) is 0 Å². The summed E-state index contributed by atoms with van der Waals surface area (Å²) in [5.41, 5.74) is -0.0764. The molecule has 0 aromatic heterocycles. The van der Waals surface area contributed by atoms with Crippen LogP contribution < -0.4 is 5.23 Å². The Morgan fingerprint density at radius 2 is 1.94 bits per heavy atom. The minimum atomic E-state index is -1.34. The van der Waals surface area contributed by atoms with Crippen LogP contribution in [0.5, 0.6) is 0 Å². The highest BCUT2D eigenvalue weighted by atomic mass is 16.8. The number of carbonyl (C=O) groups excluding carboxylic acids is 2. The van der Waals surface area contributed by atoms with Gasteiger partial charge >= 0.3 is 11.9 Å². The zero-order valence-electron chi connectivity index (χ0n) is 17.4. The first kappa shape index (κ1) is 21.8. The number of carbonyl (C=O) groups is 2. The van der Waals surface area contributed by atoms with Gasteiger partial charge in [-0.05, 0) is 48.1 Å². The van der Waals surface area contributed by atoms with Gasteiger partial charge in [0.2, 0.25) is 0 Å². The van der Waals surface area contributed by atoms with Crippen LogP contribution in [0.25, 0.3) is 0 Å². The van der Waals surface area contributed by atoms with Gasteiger partial charge in [0.15, 0.2) is 0 Å². The van der Waals surface area contributed by atoms with E-state index in [2.05, 4.69) is 0 Å². The Morgan fingerprint density at radius 1 is 1.26 bits per heavy atom. The quantitative estimate of drug-likeness (QED) is 0.481. The van der Waals surface area contributed by atoms with E-state index >= 15 is 0 Å². The van der Waals surface area contributed by atoms with Gasteiger partial charge < -0.3 is 30.1 Å². The Labute approximate surface area is 179 Å². The first-order valence-corrected chi connectivity index (χ1v) is 10.3. The highest BCUT2D eigenvalue weighted by molar-refractivity contribution is 5.94. The number of anilines is 1. The maximum absolute atomic E-state index is 12.6.